The highest BCUT2D eigenvalue weighted by molar-refractivity contribution is 6.52. The molecule has 0 amide bonds. The summed E-state index contributed by atoms with van der Waals surface area (Å²) in [4.78, 5) is 6.36. The van der Waals surface area contributed by atoms with Crippen molar-refractivity contribution >= 4 is 19.0 Å². The average Bonchev–Trinajstić information content (AvgIpc) is 2.55. The van der Waals surface area contributed by atoms with Crippen molar-refractivity contribution in [3.63, 3.8) is 0 Å². The molecule has 1 aliphatic heterocycles. The largest absolute Gasteiger partial charge is 0.487 e. The van der Waals surface area contributed by atoms with Crippen LogP contribution in [0.25, 0.3) is 6.08 Å². The first kappa shape index (κ1) is 15.1. The average molecular weight is 274 g/mol. The van der Waals surface area contributed by atoms with Crippen LogP contribution in [0.15, 0.2) is 24.3 Å². The summed E-state index contributed by atoms with van der Waals surface area (Å²) in [6, 6.07) is 3.96. The topological polar surface area (TPSA) is 34.6 Å². The van der Waals surface area contributed by atoms with Crippen LogP contribution in [-0.4, -0.2) is 37.4 Å². The standard InChI is InChI=1S/C15H23BN2O2/c1-14(2)15(3,4)20-16(19-14)10-9-12-8-7-11-17-13(12)18(5)6/h7-11H,1-6H3/b10-9+. The molecule has 0 aromatic carbocycles. The van der Waals surface area contributed by atoms with Gasteiger partial charge in [0.1, 0.15) is 5.82 Å². The summed E-state index contributed by atoms with van der Waals surface area (Å²) >= 11 is 0. The summed E-state index contributed by atoms with van der Waals surface area (Å²) in [6.45, 7) is 8.21. The highest BCUT2D eigenvalue weighted by Crippen LogP contribution is 2.37. The first-order chi connectivity index (χ1) is 9.23. The Kier molecular flexibility index (Phi) is 3.94. The Morgan fingerprint density at radius 1 is 1.15 bits per heavy atom. The van der Waals surface area contributed by atoms with Gasteiger partial charge in [0.15, 0.2) is 0 Å². The van der Waals surface area contributed by atoms with E-state index < -0.39 is 0 Å². The quantitative estimate of drug-likeness (QED) is 0.794. The lowest BCUT2D eigenvalue weighted by Crippen LogP contribution is -2.41. The number of anilines is 1. The Morgan fingerprint density at radius 2 is 1.75 bits per heavy atom. The number of hydrogen-bond acceptors (Lipinski definition) is 4. The zero-order chi connectivity index (χ0) is 15.0. The van der Waals surface area contributed by atoms with Gasteiger partial charge in [-0.05, 0) is 39.8 Å². The molecular formula is C15H23BN2O2. The summed E-state index contributed by atoms with van der Waals surface area (Å²) in [5.41, 5.74) is 0.440. The predicted octanol–water partition coefficient (Wildman–Crippen LogP) is 2.79. The minimum Gasteiger partial charge on any atom is -0.400 e. The molecule has 1 aromatic heterocycles. The molecule has 0 atom stereocenters. The first-order valence-electron chi connectivity index (χ1n) is 6.89. The van der Waals surface area contributed by atoms with Gasteiger partial charge >= 0.3 is 7.12 Å². The normalized spacial score (nSPS) is 20.6. The molecule has 20 heavy (non-hydrogen) atoms. The second kappa shape index (κ2) is 5.22. The molecule has 0 aliphatic carbocycles. The molecule has 1 fully saturated rings. The van der Waals surface area contributed by atoms with Crippen molar-refractivity contribution in [3.05, 3.63) is 29.9 Å². The van der Waals surface area contributed by atoms with Gasteiger partial charge in [0, 0.05) is 25.9 Å². The number of aromatic nitrogens is 1. The van der Waals surface area contributed by atoms with Crippen LogP contribution in [0.4, 0.5) is 5.82 Å². The molecule has 1 aromatic rings. The van der Waals surface area contributed by atoms with Crippen LogP contribution < -0.4 is 4.90 Å². The highest BCUT2D eigenvalue weighted by Gasteiger charge is 2.49. The van der Waals surface area contributed by atoms with Crippen LogP contribution in [0.2, 0.25) is 0 Å². The van der Waals surface area contributed by atoms with E-state index in [4.69, 9.17) is 9.31 Å². The molecular weight excluding hydrogens is 251 g/mol. The van der Waals surface area contributed by atoms with Crippen molar-refractivity contribution in [1.82, 2.24) is 4.98 Å². The summed E-state index contributed by atoms with van der Waals surface area (Å²) < 4.78 is 11.9. The lowest BCUT2D eigenvalue weighted by atomic mass is 9.89. The predicted molar refractivity (Wildman–Crippen MR) is 83.7 cm³/mol. The Labute approximate surface area is 121 Å². The van der Waals surface area contributed by atoms with Crippen LogP contribution in [-0.2, 0) is 9.31 Å². The van der Waals surface area contributed by atoms with E-state index >= 15 is 0 Å². The maximum absolute atomic E-state index is 5.94. The third-order valence-corrected chi connectivity index (χ3v) is 3.94. The van der Waals surface area contributed by atoms with Gasteiger partial charge in [-0.3, -0.25) is 0 Å². The van der Waals surface area contributed by atoms with Gasteiger partial charge in [-0.2, -0.15) is 0 Å². The Bertz CT molecular complexity index is 496. The van der Waals surface area contributed by atoms with Crippen LogP contribution >= 0.6 is 0 Å². The van der Waals surface area contributed by atoms with Gasteiger partial charge in [-0.25, -0.2) is 4.98 Å². The minimum atomic E-state index is -0.324. The zero-order valence-corrected chi connectivity index (χ0v) is 13.2. The number of rotatable bonds is 3. The van der Waals surface area contributed by atoms with Crippen LogP contribution in [0.5, 0.6) is 0 Å². The van der Waals surface area contributed by atoms with Crippen molar-refractivity contribution in [2.24, 2.45) is 0 Å². The second-order valence-corrected chi connectivity index (χ2v) is 6.29. The Hall–Kier alpha value is -1.33. The van der Waals surface area contributed by atoms with Gasteiger partial charge in [0.05, 0.1) is 11.2 Å². The van der Waals surface area contributed by atoms with Crippen molar-refractivity contribution in [1.29, 1.82) is 0 Å². The molecule has 0 bridgehead atoms. The van der Waals surface area contributed by atoms with Crippen molar-refractivity contribution < 1.29 is 9.31 Å². The highest BCUT2D eigenvalue weighted by atomic mass is 16.7. The van der Waals surface area contributed by atoms with E-state index in [1.165, 1.54) is 0 Å². The molecule has 5 heteroatoms. The Morgan fingerprint density at radius 3 is 2.30 bits per heavy atom. The Balaban J connectivity index is 2.16. The molecule has 1 aliphatic rings. The molecule has 0 spiro atoms. The fourth-order valence-electron chi connectivity index (χ4n) is 2.06. The van der Waals surface area contributed by atoms with E-state index in [2.05, 4.69) is 32.7 Å². The molecule has 1 saturated heterocycles. The second-order valence-electron chi connectivity index (χ2n) is 6.29. The monoisotopic (exact) mass is 274 g/mol. The number of hydrogen-bond donors (Lipinski definition) is 0. The summed E-state index contributed by atoms with van der Waals surface area (Å²) in [5, 5.41) is 0. The molecule has 0 N–H and O–H groups in total. The zero-order valence-electron chi connectivity index (χ0n) is 13.2. The lowest BCUT2D eigenvalue weighted by Gasteiger charge is -2.32. The SMILES string of the molecule is CN(C)c1ncccc1/C=C/B1OC(C)(C)C(C)(C)O1. The van der Waals surface area contributed by atoms with E-state index in [1.54, 1.807) is 6.20 Å². The molecule has 0 unspecified atom stereocenters. The first-order valence-corrected chi connectivity index (χ1v) is 6.89. The van der Waals surface area contributed by atoms with E-state index in [1.807, 2.05) is 43.2 Å². The van der Waals surface area contributed by atoms with Crippen LogP contribution in [0.3, 0.4) is 0 Å². The van der Waals surface area contributed by atoms with Crippen LogP contribution in [0.1, 0.15) is 33.3 Å². The lowest BCUT2D eigenvalue weighted by molar-refractivity contribution is 0.00578. The van der Waals surface area contributed by atoms with Crippen LogP contribution in [0, 0.1) is 0 Å². The third kappa shape index (κ3) is 2.89. The molecule has 0 saturated carbocycles. The maximum Gasteiger partial charge on any atom is 0.487 e. The van der Waals surface area contributed by atoms with E-state index in [9.17, 15) is 0 Å². The van der Waals surface area contributed by atoms with Gasteiger partial charge in [0.25, 0.3) is 0 Å². The maximum atomic E-state index is 5.94. The van der Waals surface area contributed by atoms with Gasteiger partial charge in [0.2, 0.25) is 0 Å². The minimum absolute atomic E-state index is 0.304. The van der Waals surface area contributed by atoms with Gasteiger partial charge in [-0.15, -0.1) is 0 Å². The summed E-state index contributed by atoms with van der Waals surface area (Å²) in [5.74, 6) is 2.88. The fourth-order valence-corrected chi connectivity index (χ4v) is 2.06. The molecule has 4 nitrogen and oxygen atoms in total. The van der Waals surface area contributed by atoms with Crippen molar-refractivity contribution in [3.8, 4) is 0 Å². The smallest absolute Gasteiger partial charge is 0.400 e. The molecule has 2 heterocycles. The fraction of sp³-hybridized carbons (Fsp3) is 0.533. The van der Waals surface area contributed by atoms with Gasteiger partial charge in [-0.1, -0.05) is 12.1 Å². The molecule has 0 radical (unpaired) electrons. The third-order valence-electron chi connectivity index (χ3n) is 3.94. The van der Waals surface area contributed by atoms with E-state index in [0.717, 1.165) is 11.4 Å². The molecule has 108 valence electrons. The van der Waals surface area contributed by atoms with Crippen molar-refractivity contribution in [2.75, 3.05) is 19.0 Å². The van der Waals surface area contributed by atoms with Crippen molar-refractivity contribution in [2.45, 2.75) is 38.9 Å². The van der Waals surface area contributed by atoms with E-state index in [0.29, 0.717) is 0 Å². The summed E-state index contributed by atoms with van der Waals surface area (Å²) in [6.07, 6.45) is 3.80. The number of pyridine rings is 1. The number of nitrogens with zero attached hydrogens (tertiary/aromatic N) is 2. The van der Waals surface area contributed by atoms with E-state index in [-0.39, 0.29) is 18.3 Å². The van der Waals surface area contributed by atoms with Gasteiger partial charge < -0.3 is 14.2 Å². The summed E-state index contributed by atoms with van der Waals surface area (Å²) in [7, 11) is 3.64. The molecule has 2 rings (SSSR count).